The van der Waals surface area contributed by atoms with Gasteiger partial charge in [-0.2, -0.15) is 0 Å². The van der Waals surface area contributed by atoms with Crippen LogP contribution < -0.4 is 9.47 Å². The highest BCUT2D eigenvalue weighted by Crippen LogP contribution is 2.46. The van der Waals surface area contributed by atoms with Crippen molar-refractivity contribution in [3.63, 3.8) is 0 Å². The minimum atomic E-state index is -0.398. The maximum atomic E-state index is 9.75. The predicted molar refractivity (Wildman–Crippen MR) is 71.4 cm³/mol. The molecule has 18 heavy (non-hydrogen) atoms. The number of benzene rings is 1. The smallest absolute Gasteiger partial charge is 0.129 e. The molecule has 98 valence electrons. The van der Waals surface area contributed by atoms with Gasteiger partial charge in [-0.05, 0) is 25.0 Å². The van der Waals surface area contributed by atoms with Crippen LogP contribution in [0.3, 0.4) is 0 Å². The predicted octanol–water partition coefficient (Wildman–Crippen LogP) is 2.59. The standard InChI is InChI=1S/C15H20O3/c1-10-5-6-12(17-3)13(14(10)18-4)15(2)8-7-11(16)9-15/h5-8,11,16H,9H2,1-4H3. The Balaban J connectivity index is 2.61. The molecule has 3 nitrogen and oxygen atoms in total. The number of hydrogen-bond acceptors (Lipinski definition) is 3. The highest BCUT2D eigenvalue weighted by atomic mass is 16.5. The Labute approximate surface area is 108 Å². The molecule has 3 heteroatoms. The zero-order valence-corrected chi connectivity index (χ0v) is 11.4. The summed E-state index contributed by atoms with van der Waals surface area (Å²) in [5, 5.41) is 9.75. The normalized spacial score (nSPS) is 26.4. The molecule has 0 radical (unpaired) electrons. The summed E-state index contributed by atoms with van der Waals surface area (Å²) in [4.78, 5) is 0. The molecule has 0 bridgehead atoms. The van der Waals surface area contributed by atoms with Crippen molar-refractivity contribution < 1.29 is 14.6 Å². The second-order valence-electron chi connectivity index (χ2n) is 5.04. The molecule has 0 aliphatic heterocycles. The maximum absolute atomic E-state index is 9.75. The lowest BCUT2D eigenvalue weighted by Crippen LogP contribution is -2.21. The number of aliphatic hydroxyl groups is 1. The van der Waals surface area contributed by atoms with Gasteiger partial charge in [0.1, 0.15) is 11.5 Å². The van der Waals surface area contributed by atoms with Crippen molar-refractivity contribution in [2.75, 3.05) is 14.2 Å². The van der Waals surface area contributed by atoms with Gasteiger partial charge >= 0.3 is 0 Å². The molecule has 1 N–H and O–H groups in total. The fourth-order valence-electron chi connectivity index (χ4n) is 2.72. The molecule has 0 spiro atoms. The summed E-state index contributed by atoms with van der Waals surface area (Å²) in [6.45, 7) is 4.11. The van der Waals surface area contributed by atoms with Crippen LogP contribution in [0.5, 0.6) is 11.5 Å². The van der Waals surface area contributed by atoms with Crippen LogP contribution in [0.15, 0.2) is 24.3 Å². The molecule has 2 unspecified atom stereocenters. The van der Waals surface area contributed by atoms with E-state index in [0.29, 0.717) is 6.42 Å². The summed E-state index contributed by atoms with van der Waals surface area (Å²) in [6.07, 6.45) is 4.13. The fourth-order valence-corrected chi connectivity index (χ4v) is 2.72. The Hall–Kier alpha value is -1.48. The molecule has 1 aliphatic carbocycles. The van der Waals surface area contributed by atoms with Gasteiger partial charge in [-0.25, -0.2) is 0 Å². The van der Waals surface area contributed by atoms with Gasteiger partial charge in [0.05, 0.1) is 20.3 Å². The third kappa shape index (κ3) is 1.99. The fraction of sp³-hybridized carbons (Fsp3) is 0.467. The lowest BCUT2D eigenvalue weighted by molar-refractivity contribution is 0.203. The number of methoxy groups -OCH3 is 2. The Morgan fingerprint density at radius 3 is 2.50 bits per heavy atom. The molecule has 0 amide bonds. The average molecular weight is 248 g/mol. The number of allylic oxidation sites excluding steroid dienone is 1. The van der Waals surface area contributed by atoms with E-state index in [9.17, 15) is 5.11 Å². The molecule has 0 saturated carbocycles. The Morgan fingerprint density at radius 2 is 2.00 bits per heavy atom. The Bertz CT molecular complexity index is 479. The number of aliphatic hydroxyl groups excluding tert-OH is 1. The molecular weight excluding hydrogens is 228 g/mol. The van der Waals surface area contributed by atoms with Gasteiger partial charge in [-0.1, -0.05) is 25.1 Å². The number of ether oxygens (including phenoxy) is 2. The molecule has 1 aromatic carbocycles. The van der Waals surface area contributed by atoms with Crippen molar-refractivity contribution in [1.29, 1.82) is 0 Å². The van der Waals surface area contributed by atoms with Crippen LogP contribution in [0.2, 0.25) is 0 Å². The lowest BCUT2D eigenvalue weighted by atomic mass is 9.80. The molecule has 0 heterocycles. The van der Waals surface area contributed by atoms with E-state index < -0.39 is 6.10 Å². The molecular formula is C15H20O3. The highest BCUT2D eigenvalue weighted by Gasteiger charge is 2.36. The van der Waals surface area contributed by atoms with Gasteiger partial charge in [0, 0.05) is 11.0 Å². The molecule has 2 atom stereocenters. The van der Waals surface area contributed by atoms with E-state index in [2.05, 4.69) is 6.92 Å². The molecule has 1 aliphatic rings. The van der Waals surface area contributed by atoms with Gasteiger partial charge in [0.2, 0.25) is 0 Å². The van der Waals surface area contributed by atoms with Crippen molar-refractivity contribution in [1.82, 2.24) is 0 Å². The largest absolute Gasteiger partial charge is 0.496 e. The quantitative estimate of drug-likeness (QED) is 0.836. The van der Waals surface area contributed by atoms with E-state index in [1.54, 1.807) is 14.2 Å². The van der Waals surface area contributed by atoms with E-state index in [0.717, 1.165) is 22.6 Å². The van der Waals surface area contributed by atoms with Crippen molar-refractivity contribution in [3.05, 3.63) is 35.4 Å². The van der Waals surface area contributed by atoms with Crippen LogP contribution >= 0.6 is 0 Å². The third-order valence-corrected chi connectivity index (χ3v) is 3.63. The van der Waals surface area contributed by atoms with Gasteiger partial charge in [-0.15, -0.1) is 0 Å². The SMILES string of the molecule is COc1ccc(C)c(OC)c1C1(C)C=CC(O)C1. The molecule has 0 aromatic heterocycles. The van der Waals surface area contributed by atoms with Crippen LogP contribution in [0, 0.1) is 6.92 Å². The molecule has 2 rings (SSSR count). The summed E-state index contributed by atoms with van der Waals surface area (Å²) >= 11 is 0. The Morgan fingerprint density at radius 1 is 1.28 bits per heavy atom. The summed E-state index contributed by atoms with van der Waals surface area (Å²) in [5.41, 5.74) is 1.84. The summed E-state index contributed by atoms with van der Waals surface area (Å²) in [5.74, 6) is 1.65. The van der Waals surface area contributed by atoms with Crippen LogP contribution in [0.1, 0.15) is 24.5 Å². The zero-order chi connectivity index (χ0) is 13.3. The first-order chi connectivity index (χ1) is 8.51. The van der Waals surface area contributed by atoms with E-state index in [1.165, 1.54) is 0 Å². The monoisotopic (exact) mass is 248 g/mol. The number of hydrogen-bond donors (Lipinski definition) is 1. The maximum Gasteiger partial charge on any atom is 0.129 e. The molecule has 0 fully saturated rings. The molecule has 0 saturated heterocycles. The average Bonchev–Trinajstić information content (AvgIpc) is 2.70. The lowest BCUT2D eigenvalue weighted by Gasteiger charge is -2.28. The van der Waals surface area contributed by atoms with Crippen LogP contribution in [-0.2, 0) is 5.41 Å². The van der Waals surface area contributed by atoms with E-state index in [4.69, 9.17) is 9.47 Å². The van der Waals surface area contributed by atoms with Gasteiger partial charge in [-0.3, -0.25) is 0 Å². The summed E-state index contributed by atoms with van der Waals surface area (Å²) in [7, 11) is 3.33. The van der Waals surface area contributed by atoms with Gasteiger partial charge < -0.3 is 14.6 Å². The first-order valence-electron chi connectivity index (χ1n) is 6.11. The zero-order valence-electron chi connectivity index (χ0n) is 11.4. The molecule has 1 aromatic rings. The minimum Gasteiger partial charge on any atom is -0.496 e. The van der Waals surface area contributed by atoms with Gasteiger partial charge in [0.25, 0.3) is 0 Å². The number of aryl methyl sites for hydroxylation is 1. The third-order valence-electron chi connectivity index (χ3n) is 3.63. The minimum absolute atomic E-state index is 0.248. The Kier molecular flexibility index (Phi) is 3.35. The van der Waals surface area contributed by atoms with Gasteiger partial charge in [0.15, 0.2) is 0 Å². The van der Waals surface area contributed by atoms with Crippen LogP contribution in [0.4, 0.5) is 0 Å². The second kappa shape index (κ2) is 4.65. The highest BCUT2D eigenvalue weighted by molar-refractivity contribution is 5.56. The van der Waals surface area contributed by atoms with Crippen molar-refractivity contribution in [3.8, 4) is 11.5 Å². The van der Waals surface area contributed by atoms with Crippen molar-refractivity contribution in [2.24, 2.45) is 0 Å². The first kappa shape index (κ1) is 13.0. The van der Waals surface area contributed by atoms with Crippen LogP contribution in [-0.4, -0.2) is 25.4 Å². The summed E-state index contributed by atoms with van der Waals surface area (Å²) in [6, 6.07) is 3.94. The second-order valence-corrected chi connectivity index (χ2v) is 5.04. The van der Waals surface area contributed by atoms with E-state index in [1.807, 2.05) is 31.2 Å². The van der Waals surface area contributed by atoms with Crippen molar-refractivity contribution in [2.45, 2.75) is 31.8 Å². The van der Waals surface area contributed by atoms with Crippen LogP contribution in [0.25, 0.3) is 0 Å². The number of rotatable bonds is 3. The van der Waals surface area contributed by atoms with E-state index >= 15 is 0 Å². The van der Waals surface area contributed by atoms with E-state index in [-0.39, 0.29) is 5.41 Å². The van der Waals surface area contributed by atoms with Crippen molar-refractivity contribution >= 4 is 0 Å². The first-order valence-corrected chi connectivity index (χ1v) is 6.11. The summed E-state index contributed by atoms with van der Waals surface area (Å²) < 4.78 is 11.0. The topological polar surface area (TPSA) is 38.7 Å².